The highest BCUT2D eigenvalue weighted by molar-refractivity contribution is 5.94. The van der Waals surface area contributed by atoms with Gasteiger partial charge in [0.05, 0.1) is 12.6 Å². The fraction of sp³-hybridized carbons (Fsp3) is 0.188. The maximum Gasteiger partial charge on any atom is 0.251 e. The highest BCUT2D eigenvalue weighted by atomic mass is 16.3. The summed E-state index contributed by atoms with van der Waals surface area (Å²) in [6, 6.07) is 13.5. The molecule has 2 aromatic carbocycles. The molecule has 0 fully saturated rings. The van der Waals surface area contributed by atoms with Gasteiger partial charge in [-0.3, -0.25) is 4.79 Å². The molecule has 0 saturated carbocycles. The lowest BCUT2D eigenvalue weighted by atomic mass is 10.1. The molecule has 0 aliphatic heterocycles. The summed E-state index contributed by atoms with van der Waals surface area (Å²) in [5, 5.41) is 21.7. The minimum Gasteiger partial charge on any atom is -0.508 e. The Hall–Kier alpha value is -2.33. The van der Waals surface area contributed by atoms with E-state index in [-0.39, 0.29) is 18.3 Å². The normalized spacial score (nSPS) is 11.9. The van der Waals surface area contributed by atoms with Gasteiger partial charge in [-0.15, -0.1) is 0 Å². The van der Waals surface area contributed by atoms with Gasteiger partial charge in [-0.05, 0) is 36.2 Å². The van der Waals surface area contributed by atoms with Crippen molar-refractivity contribution in [2.45, 2.75) is 13.0 Å². The van der Waals surface area contributed by atoms with Crippen LogP contribution >= 0.6 is 0 Å². The number of aryl methyl sites for hydroxylation is 1. The zero-order chi connectivity index (χ0) is 14.5. The second kappa shape index (κ2) is 6.21. The van der Waals surface area contributed by atoms with Crippen molar-refractivity contribution in [2.24, 2.45) is 0 Å². The van der Waals surface area contributed by atoms with Crippen LogP contribution in [0.1, 0.15) is 27.5 Å². The smallest absolute Gasteiger partial charge is 0.251 e. The van der Waals surface area contributed by atoms with Crippen molar-refractivity contribution in [1.82, 2.24) is 5.32 Å². The number of phenols is 1. The van der Waals surface area contributed by atoms with Crippen molar-refractivity contribution in [3.05, 3.63) is 65.2 Å². The van der Waals surface area contributed by atoms with Crippen LogP contribution in [0.3, 0.4) is 0 Å². The molecule has 3 N–H and O–H groups in total. The van der Waals surface area contributed by atoms with Crippen molar-refractivity contribution < 1.29 is 15.0 Å². The fourth-order valence-electron chi connectivity index (χ4n) is 1.96. The Balaban J connectivity index is 2.15. The van der Waals surface area contributed by atoms with Crippen molar-refractivity contribution in [3.63, 3.8) is 0 Å². The van der Waals surface area contributed by atoms with Crippen LogP contribution in [0, 0.1) is 6.92 Å². The molecule has 4 nitrogen and oxygen atoms in total. The molecule has 0 unspecified atom stereocenters. The van der Waals surface area contributed by atoms with Crippen LogP contribution in [-0.2, 0) is 0 Å². The molecule has 2 rings (SSSR count). The Kier molecular flexibility index (Phi) is 4.38. The zero-order valence-electron chi connectivity index (χ0n) is 11.2. The Bertz CT molecular complexity index is 596. The van der Waals surface area contributed by atoms with Gasteiger partial charge in [0.1, 0.15) is 5.75 Å². The quantitative estimate of drug-likeness (QED) is 0.798. The van der Waals surface area contributed by atoms with Gasteiger partial charge in [-0.2, -0.15) is 0 Å². The van der Waals surface area contributed by atoms with Crippen LogP contribution in [0.4, 0.5) is 0 Å². The molecular weight excluding hydrogens is 254 g/mol. The highest BCUT2D eigenvalue weighted by Gasteiger charge is 2.15. The molecule has 4 heteroatoms. The van der Waals surface area contributed by atoms with E-state index in [0.29, 0.717) is 11.1 Å². The summed E-state index contributed by atoms with van der Waals surface area (Å²) >= 11 is 0. The maximum atomic E-state index is 12.1. The third kappa shape index (κ3) is 3.16. The van der Waals surface area contributed by atoms with E-state index in [4.69, 9.17) is 0 Å². The first-order valence-corrected chi connectivity index (χ1v) is 6.38. The first-order chi connectivity index (χ1) is 9.61. The lowest BCUT2D eigenvalue weighted by Gasteiger charge is -2.17. The number of amides is 1. The summed E-state index contributed by atoms with van der Waals surface area (Å²) < 4.78 is 0. The van der Waals surface area contributed by atoms with Gasteiger partial charge in [0, 0.05) is 5.56 Å². The molecule has 20 heavy (non-hydrogen) atoms. The van der Waals surface area contributed by atoms with E-state index < -0.39 is 6.04 Å². The average Bonchev–Trinajstić information content (AvgIpc) is 2.48. The third-order valence-electron chi connectivity index (χ3n) is 3.15. The van der Waals surface area contributed by atoms with Crippen LogP contribution in [0.2, 0.25) is 0 Å². The number of rotatable bonds is 4. The second-order valence-electron chi connectivity index (χ2n) is 4.62. The molecule has 1 amide bonds. The van der Waals surface area contributed by atoms with Crippen molar-refractivity contribution in [1.29, 1.82) is 0 Å². The molecular formula is C16H17NO3. The Morgan fingerprint density at radius 1 is 1.20 bits per heavy atom. The molecule has 0 aliphatic carbocycles. The van der Waals surface area contributed by atoms with E-state index in [1.807, 2.05) is 30.3 Å². The predicted octanol–water partition coefficient (Wildman–Crippen LogP) is 2.16. The first-order valence-electron chi connectivity index (χ1n) is 6.38. The number of benzene rings is 2. The molecule has 1 atom stereocenters. The third-order valence-corrected chi connectivity index (χ3v) is 3.15. The number of phenolic OH excluding ortho intramolecular Hbond substituents is 1. The second-order valence-corrected chi connectivity index (χ2v) is 4.62. The van der Waals surface area contributed by atoms with Gasteiger partial charge >= 0.3 is 0 Å². The van der Waals surface area contributed by atoms with Gasteiger partial charge < -0.3 is 15.5 Å². The van der Waals surface area contributed by atoms with Crippen molar-refractivity contribution in [2.75, 3.05) is 6.61 Å². The van der Waals surface area contributed by atoms with Gasteiger partial charge in [-0.1, -0.05) is 30.3 Å². The van der Waals surface area contributed by atoms with Crippen molar-refractivity contribution >= 4 is 5.91 Å². The minimum atomic E-state index is -0.446. The highest BCUT2D eigenvalue weighted by Crippen LogP contribution is 2.18. The molecule has 0 bridgehead atoms. The van der Waals surface area contributed by atoms with E-state index in [0.717, 1.165) is 5.56 Å². The lowest BCUT2D eigenvalue weighted by Crippen LogP contribution is -2.30. The topological polar surface area (TPSA) is 69.6 Å². The Morgan fingerprint density at radius 2 is 1.90 bits per heavy atom. The molecule has 0 aliphatic rings. The van der Waals surface area contributed by atoms with Crippen molar-refractivity contribution in [3.8, 4) is 5.75 Å². The van der Waals surface area contributed by atoms with Gasteiger partial charge in [0.25, 0.3) is 5.91 Å². The molecule has 0 spiro atoms. The van der Waals surface area contributed by atoms with Gasteiger partial charge in [0.15, 0.2) is 0 Å². The van der Waals surface area contributed by atoms with E-state index in [9.17, 15) is 15.0 Å². The number of hydrogen-bond acceptors (Lipinski definition) is 3. The monoisotopic (exact) mass is 271 g/mol. The minimum absolute atomic E-state index is 0.156. The summed E-state index contributed by atoms with van der Waals surface area (Å²) in [6.07, 6.45) is 0. The molecule has 0 heterocycles. The number of nitrogens with one attached hydrogen (secondary N) is 1. The molecule has 0 saturated heterocycles. The number of aromatic hydroxyl groups is 1. The maximum absolute atomic E-state index is 12.1. The molecule has 0 radical (unpaired) electrons. The number of aliphatic hydroxyl groups excluding tert-OH is 1. The molecule has 104 valence electrons. The largest absolute Gasteiger partial charge is 0.508 e. The Labute approximate surface area is 117 Å². The summed E-state index contributed by atoms with van der Waals surface area (Å²) in [7, 11) is 0. The van der Waals surface area contributed by atoms with Crippen LogP contribution in [0.25, 0.3) is 0 Å². The van der Waals surface area contributed by atoms with E-state index >= 15 is 0 Å². The number of carbonyl (C=O) groups is 1. The SMILES string of the molecule is Cc1cc(C(=O)N[C@H](CO)c2ccccc2)ccc1O. The number of hydrogen-bond donors (Lipinski definition) is 3. The summed E-state index contributed by atoms with van der Waals surface area (Å²) in [6.45, 7) is 1.56. The van der Waals surface area contributed by atoms with Crippen LogP contribution in [0.15, 0.2) is 48.5 Å². The average molecular weight is 271 g/mol. The van der Waals surface area contributed by atoms with Crippen LogP contribution < -0.4 is 5.32 Å². The van der Waals surface area contributed by atoms with E-state index in [1.54, 1.807) is 19.1 Å². The summed E-state index contributed by atoms with van der Waals surface area (Å²) in [5.74, 6) is -0.126. The molecule has 2 aromatic rings. The van der Waals surface area contributed by atoms with E-state index in [1.165, 1.54) is 6.07 Å². The number of carbonyl (C=O) groups excluding carboxylic acids is 1. The number of aliphatic hydroxyl groups is 1. The Morgan fingerprint density at radius 3 is 2.50 bits per heavy atom. The standard InChI is InChI=1S/C16H17NO3/c1-11-9-13(7-8-15(11)19)16(20)17-14(10-18)12-5-3-2-4-6-12/h2-9,14,18-19H,10H2,1H3,(H,17,20)/t14-/m1/s1. The van der Waals surface area contributed by atoms with E-state index in [2.05, 4.69) is 5.32 Å². The van der Waals surface area contributed by atoms with Crippen LogP contribution in [0.5, 0.6) is 5.75 Å². The van der Waals surface area contributed by atoms with Gasteiger partial charge in [-0.25, -0.2) is 0 Å². The zero-order valence-corrected chi connectivity index (χ0v) is 11.2. The summed E-state index contributed by atoms with van der Waals surface area (Å²) in [5.41, 5.74) is 1.94. The summed E-state index contributed by atoms with van der Waals surface area (Å²) in [4.78, 5) is 12.1. The van der Waals surface area contributed by atoms with Crippen LogP contribution in [-0.4, -0.2) is 22.7 Å². The first kappa shape index (κ1) is 14.1. The lowest BCUT2D eigenvalue weighted by molar-refractivity contribution is 0.0916. The van der Waals surface area contributed by atoms with Gasteiger partial charge in [0.2, 0.25) is 0 Å². The fourth-order valence-corrected chi connectivity index (χ4v) is 1.96. The predicted molar refractivity (Wildman–Crippen MR) is 76.6 cm³/mol. The molecule has 0 aromatic heterocycles.